The van der Waals surface area contributed by atoms with Crippen LogP contribution in [-0.4, -0.2) is 11.8 Å². The first-order valence-electron chi connectivity index (χ1n) is 11.2. The molecular formula is C29H25ClN2O2S. The SMILES string of the molecule is Cc1cccc(C(=O)Nc2cccc(SC(C(=O)Nc3cc(Cl)ccc3C)c3ccccc3)c2)c1. The van der Waals surface area contributed by atoms with Crippen molar-refractivity contribution in [3.63, 3.8) is 0 Å². The van der Waals surface area contributed by atoms with Crippen molar-refractivity contribution in [3.05, 3.63) is 124 Å². The maximum absolute atomic E-state index is 13.4. The number of halogens is 1. The van der Waals surface area contributed by atoms with Crippen molar-refractivity contribution in [2.45, 2.75) is 24.0 Å². The molecule has 4 rings (SSSR count). The summed E-state index contributed by atoms with van der Waals surface area (Å²) in [5, 5.41) is 6.04. The third kappa shape index (κ3) is 6.53. The zero-order valence-corrected chi connectivity index (χ0v) is 21.0. The number of carbonyl (C=O) groups is 2. The molecule has 2 amide bonds. The fourth-order valence-corrected chi connectivity index (χ4v) is 4.86. The minimum atomic E-state index is -0.502. The van der Waals surface area contributed by atoms with E-state index in [1.54, 1.807) is 18.2 Å². The standard InChI is InChI=1S/C29H25ClN2O2S/c1-19-8-6-11-22(16-19)28(33)31-24-12-7-13-25(18-24)35-27(21-9-4-3-5-10-21)29(34)32-26-17-23(30)15-14-20(26)2/h3-18,27H,1-2H3,(H,31,33)(H,32,34). The molecule has 0 fully saturated rings. The second-order valence-corrected chi connectivity index (χ2v) is 9.82. The molecule has 0 radical (unpaired) electrons. The van der Waals surface area contributed by atoms with E-state index in [0.29, 0.717) is 22.0 Å². The molecule has 0 aliphatic carbocycles. The van der Waals surface area contributed by atoms with E-state index < -0.39 is 5.25 Å². The van der Waals surface area contributed by atoms with E-state index in [-0.39, 0.29) is 11.8 Å². The molecule has 0 saturated heterocycles. The number of amides is 2. The van der Waals surface area contributed by atoms with Crippen molar-refractivity contribution in [2.24, 2.45) is 0 Å². The van der Waals surface area contributed by atoms with E-state index >= 15 is 0 Å². The van der Waals surface area contributed by atoms with Crippen molar-refractivity contribution in [3.8, 4) is 0 Å². The number of rotatable bonds is 7. The first-order chi connectivity index (χ1) is 16.9. The van der Waals surface area contributed by atoms with Gasteiger partial charge in [0.2, 0.25) is 5.91 Å². The van der Waals surface area contributed by atoms with Crippen molar-refractivity contribution >= 4 is 46.6 Å². The lowest BCUT2D eigenvalue weighted by Crippen LogP contribution is -2.19. The summed E-state index contributed by atoms with van der Waals surface area (Å²) in [4.78, 5) is 27.0. The van der Waals surface area contributed by atoms with Gasteiger partial charge in [0.25, 0.3) is 5.91 Å². The Morgan fingerprint density at radius 2 is 1.57 bits per heavy atom. The fourth-order valence-electron chi connectivity index (χ4n) is 3.60. The van der Waals surface area contributed by atoms with Gasteiger partial charge >= 0.3 is 0 Å². The highest BCUT2D eigenvalue weighted by Gasteiger charge is 2.23. The lowest BCUT2D eigenvalue weighted by molar-refractivity contribution is -0.115. The molecule has 1 atom stereocenters. The maximum atomic E-state index is 13.4. The van der Waals surface area contributed by atoms with Gasteiger partial charge in [-0.2, -0.15) is 0 Å². The van der Waals surface area contributed by atoms with Gasteiger partial charge in [0.1, 0.15) is 5.25 Å². The average molecular weight is 501 g/mol. The highest BCUT2D eigenvalue weighted by molar-refractivity contribution is 8.00. The van der Waals surface area contributed by atoms with Gasteiger partial charge in [-0.15, -0.1) is 11.8 Å². The molecular weight excluding hydrogens is 476 g/mol. The van der Waals surface area contributed by atoms with Crippen LogP contribution in [0.25, 0.3) is 0 Å². The summed E-state index contributed by atoms with van der Waals surface area (Å²) in [6, 6.07) is 30.0. The molecule has 4 aromatic rings. The summed E-state index contributed by atoms with van der Waals surface area (Å²) in [6.45, 7) is 3.88. The smallest absolute Gasteiger partial charge is 0.255 e. The minimum absolute atomic E-state index is 0.152. The van der Waals surface area contributed by atoms with E-state index in [0.717, 1.165) is 21.6 Å². The average Bonchev–Trinajstić information content (AvgIpc) is 2.85. The Kier molecular flexibility index (Phi) is 7.91. The Morgan fingerprint density at radius 1 is 0.800 bits per heavy atom. The second kappa shape index (κ2) is 11.3. The predicted molar refractivity (Wildman–Crippen MR) is 145 cm³/mol. The third-order valence-electron chi connectivity index (χ3n) is 5.42. The topological polar surface area (TPSA) is 58.2 Å². The summed E-state index contributed by atoms with van der Waals surface area (Å²) in [5.41, 5.74) is 4.78. The molecule has 0 saturated carbocycles. The Morgan fingerprint density at radius 3 is 2.34 bits per heavy atom. The quantitative estimate of drug-likeness (QED) is 0.256. The van der Waals surface area contributed by atoms with Crippen LogP contribution in [0.5, 0.6) is 0 Å². The zero-order valence-electron chi connectivity index (χ0n) is 19.4. The molecule has 35 heavy (non-hydrogen) atoms. The molecule has 0 aliphatic heterocycles. The minimum Gasteiger partial charge on any atom is -0.325 e. The Bertz CT molecular complexity index is 1360. The summed E-state index contributed by atoms with van der Waals surface area (Å²) in [6.07, 6.45) is 0. The fraction of sp³-hybridized carbons (Fsp3) is 0.103. The molecule has 0 aromatic heterocycles. The number of nitrogens with one attached hydrogen (secondary N) is 2. The van der Waals surface area contributed by atoms with Crippen molar-refractivity contribution < 1.29 is 9.59 Å². The number of aryl methyl sites for hydroxylation is 2. The number of hydrogen-bond acceptors (Lipinski definition) is 3. The molecule has 4 aromatic carbocycles. The zero-order chi connectivity index (χ0) is 24.8. The van der Waals surface area contributed by atoms with Gasteiger partial charge in [0.15, 0.2) is 0 Å². The molecule has 2 N–H and O–H groups in total. The van der Waals surface area contributed by atoms with Crippen LogP contribution in [0.1, 0.15) is 32.3 Å². The van der Waals surface area contributed by atoms with Crippen molar-refractivity contribution in [1.29, 1.82) is 0 Å². The highest BCUT2D eigenvalue weighted by atomic mass is 35.5. The molecule has 6 heteroatoms. The van der Waals surface area contributed by atoms with E-state index in [4.69, 9.17) is 11.6 Å². The molecule has 1 unspecified atom stereocenters. The lowest BCUT2D eigenvalue weighted by atomic mass is 10.1. The maximum Gasteiger partial charge on any atom is 0.255 e. The molecule has 176 valence electrons. The molecule has 0 aliphatic rings. The van der Waals surface area contributed by atoms with Crippen LogP contribution in [0.15, 0.2) is 102 Å². The largest absolute Gasteiger partial charge is 0.325 e. The molecule has 0 heterocycles. The Labute approximate surface area is 214 Å². The number of hydrogen-bond donors (Lipinski definition) is 2. The Balaban J connectivity index is 1.56. The van der Waals surface area contributed by atoms with Gasteiger partial charge < -0.3 is 10.6 Å². The van der Waals surface area contributed by atoms with Crippen LogP contribution in [0.3, 0.4) is 0 Å². The molecule has 0 bridgehead atoms. The van der Waals surface area contributed by atoms with Crippen LogP contribution in [0, 0.1) is 13.8 Å². The number of thioether (sulfide) groups is 1. The summed E-state index contributed by atoms with van der Waals surface area (Å²) >= 11 is 7.57. The number of anilines is 2. The monoisotopic (exact) mass is 500 g/mol. The third-order valence-corrected chi connectivity index (χ3v) is 6.91. The van der Waals surface area contributed by atoms with Gasteiger partial charge in [0.05, 0.1) is 0 Å². The summed E-state index contributed by atoms with van der Waals surface area (Å²) < 4.78 is 0. The molecule has 4 nitrogen and oxygen atoms in total. The summed E-state index contributed by atoms with van der Waals surface area (Å²) in [5.74, 6) is -0.328. The van der Waals surface area contributed by atoms with Crippen LogP contribution in [-0.2, 0) is 4.79 Å². The predicted octanol–water partition coefficient (Wildman–Crippen LogP) is 7.68. The number of carbonyl (C=O) groups excluding carboxylic acids is 2. The van der Waals surface area contributed by atoms with Crippen LogP contribution in [0.2, 0.25) is 5.02 Å². The normalized spacial score (nSPS) is 11.5. The van der Waals surface area contributed by atoms with Gasteiger partial charge in [0, 0.05) is 26.9 Å². The van der Waals surface area contributed by atoms with Crippen LogP contribution < -0.4 is 10.6 Å². The van der Waals surface area contributed by atoms with E-state index in [1.807, 2.05) is 92.7 Å². The van der Waals surface area contributed by atoms with Gasteiger partial charge in [-0.25, -0.2) is 0 Å². The lowest BCUT2D eigenvalue weighted by Gasteiger charge is -2.18. The van der Waals surface area contributed by atoms with Crippen LogP contribution >= 0.6 is 23.4 Å². The van der Waals surface area contributed by atoms with E-state index in [1.165, 1.54) is 11.8 Å². The van der Waals surface area contributed by atoms with Crippen LogP contribution in [0.4, 0.5) is 11.4 Å². The summed E-state index contributed by atoms with van der Waals surface area (Å²) in [7, 11) is 0. The van der Waals surface area contributed by atoms with Crippen molar-refractivity contribution in [1.82, 2.24) is 0 Å². The van der Waals surface area contributed by atoms with Gasteiger partial charge in [-0.05, 0) is 67.4 Å². The molecule has 0 spiro atoms. The van der Waals surface area contributed by atoms with Crippen molar-refractivity contribution in [2.75, 3.05) is 10.6 Å². The number of benzene rings is 4. The first-order valence-corrected chi connectivity index (χ1v) is 12.4. The first kappa shape index (κ1) is 24.6. The van der Waals surface area contributed by atoms with Gasteiger partial charge in [-0.3, -0.25) is 9.59 Å². The van der Waals surface area contributed by atoms with E-state index in [2.05, 4.69) is 10.6 Å². The van der Waals surface area contributed by atoms with Gasteiger partial charge in [-0.1, -0.05) is 71.8 Å². The second-order valence-electron chi connectivity index (χ2n) is 8.21. The van der Waals surface area contributed by atoms with E-state index in [9.17, 15) is 9.59 Å². The highest BCUT2D eigenvalue weighted by Crippen LogP contribution is 2.37. The Hall–Kier alpha value is -3.54.